The Morgan fingerprint density at radius 2 is 0.795 bits per heavy atom. The van der Waals surface area contributed by atoms with E-state index in [9.17, 15) is 40.5 Å². The molecule has 1 fully saturated rings. The number of ether oxygens (including phenoxy) is 2. The van der Waals surface area contributed by atoms with Gasteiger partial charge in [-0.2, -0.15) is 0 Å². The number of unbranched alkanes of at least 4 members (excludes halogenated alkanes) is 41. The first-order chi connectivity index (χ1) is 35.7. The zero-order valence-electron chi connectivity index (χ0n) is 47.6. The summed E-state index contributed by atoms with van der Waals surface area (Å²) in [5, 5.41) is 76.3. The zero-order valence-corrected chi connectivity index (χ0v) is 47.6. The normalized spacial score (nSPS) is 19.9. The third-order valence-corrected chi connectivity index (χ3v) is 15.6. The topological polar surface area (TPSA) is 189 Å². The predicted molar refractivity (Wildman–Crippen MR) is 303 cm³/mol. The average molecular weight is 1040 g/mol. The minimum Gasteiger partial charge on any atom is -0.394 e. The quantitative estimate of drug-likeness (QED) is 0.0215. The van der Waals surface area contributed by atoms with E-state index in [4.69, 9.17) is 9.47 Å². The van der Waals surface area contributed by atoms with Crippen molar-refractivity contribution in [1.82, 2.24) is 5.32 Å². The predicted octanol–water partition coefficient (Wildman–Crippen LogP) is 13.9. The lowest BCUT2D eigenvalue weighted by Crippen LogP contribution is -2.60. The molecule has 9 unspecified atom stereocenters. The summed E-state index contributed by atoms with van der Waals surface area (Å²) in [5.41, 5.74) is 0. The molecule has 1 heterocycles. The fraction of sp³-hybridized carbons (Fsp3) is 0.952. The summed E-state index contributed by atoms with van der Waals surface area (Å²) >= 11 is 0. The number of rotatable bonds is 55. The number of carbonyl (C=O) groups excluding carboxylic acids is 1. The Balaban J connectivity index is 2.23. The van der Waals surface area contributed by atoms with Gasteiger partial charge in [-0.05, 0) is 38.5 Å². The number of allylic oxidation sites excluding steroid dienone is 2. The van der Waals surface area contributed by atoms with Gasteiger partial charge in [0.15, 0.2) is 6.29 Å². The first-order valence-electron chi connectivity index (χ1n) is 31.6. The monoisotopic (exact) mass is 1040 g/mol. The third kappa shape index (κ3) is 39.8. The van der Waals surface area contributed by atoms with Gasteiger partial charge in [-0.3, -0.25) is 4.79 Å². The van der Waals surface area contributed by atoms with Gasteiger partial charge >= 0.3 is 0 Å². The number of carbonyl (C=O) groups is 1. The summed E-state index contributed by atoms with van der Waals surface area (Å²) in [6.07, 6.45) is 49.9. The van der Waals surface area contributed by atoms with Gasteiger partial charge < -0.3 is 50.5 Å². The molecule has 0 aliphatic carbocycles. The second-order valence-electron chi connectivity index (χ2n) is 22.5. The zero-order chi connectivity index (χ0) is 53.3. The van der Waals surface area contributed by atoms with Crippen LogP contribution in [0.15, 0.2) is 12.2 Å². The molecule has 0 bridgehead atoms. The van der Waals surface area contributed by atoms with E-state index in [1.165, 1.54) is 231 Å². The van der Waals surface area contributed by atoms with E-state index < -0.39 is 74.2 Å². The van der Waals surface area contributed by atoms with Crippen LogP contribution in [0, 0.1) is 0 Å². The van der Waals surface area contributed by atoms with Crippen LogP contribution in [0.4, 0.5) is 0 Å². The smallest absolute Gasteiger partial charge is 0.249 e. The van der Waals surface area contributed by atoms with Crippen LogP contribution in [0.25, 0.3) is 0 Å². The highest BCUT2D eigenvalue weighted by Gasteiger charge is 2.44. The van der Waals surface area contributed by atoms with Crippen LogP contribution >= 0.6 is 0 Å². The number of aliphatic hydroxyl groups is 7. The van der Waals surface area contributed by atoms with Gasteiger partial charge in [-0.1, -0.05) is 283 Å². The Kier molecular flexibility index (Phi) is 49.4. The number of nitrogens with one attached hydrogen (secondary N) is 1. The van der Waals surface area contributed by atoms with Crippen LogP contribution in [-0.2, 0) is 14.3 Å². The molecule has 0 aromatic rings. The minimum absolute atomic E-state index is 0.263. The number of hydrogen-bond acceptors (Lipinski definition) is 10. The van der Waals surface area contributed by atoms with Crippen molar-refractivity contribution in [1.29, 1.82) is 0 Å². The second kappa shape index (κ2) is 51.6. The molecule has 8 N–H and O–H groups in total. The molecule has 1 amide bonds. The molecular formula is C62H121NO10. The largest absolute Gasteiger partial charge is 0.394 e. The highest BCUT2D eigenvalue weighted by Crippen LogP contribution is 2.24. The fourth-order valence-corrected chi connectivity index (χ4v) is 10.4. The Morgan fingerprint density at radius 1 is 0.466 bits per heavy atom. The summed E-state index contributed by atoms with van der Waals surface area (Å²) < 4.78 is 11.2. The minimum atomic E-state index is -1.66. The Bertz CT molecular complexity index is 1190. The van der Waals surface area contributed by atoms with Gasteiger partial charge in [0, 0.05) is 0 Å². The molecule has 0 saturated carbocycles. The lowest BCUT2D eigenvalue weighted by molar-refractivity contribution is -0.303. The maximum Gasteiger partial charge on any atom is 0.249 e. The van der Waals surface area contributed by atoms with Gasteiger partial charge in [0.2, 0.25) is 5.91 Å². The maximum absolute atomic E-state index is 13.2. The summed E-state index contributed by atoms with van der Waals surface area (Å²) in [4.78, 5) is 13.2. The van der Waals surface area contributed by atoms with Crippen LogP contribution < -0.4 is 5.32 Å². The van der Waals surface area contributed by atoms with E-state index >= 15 is 0 Å². The lowest BCUT2D eigenvalue weighted by Gasteiger charge is -2.40. The molecule has 0 radical (unpaired) electrons. The summed E-state index contributed by atoms with van der Waals surface area (Å²) in [6, 6.07) is -1.17. The SMILES string of the molecule is CCCCCCCCCCCCCC/C=C\CCCCCCCCCCCCCCC(O)C(=O)NC(COC1OC(CO)C(O)C(O)C1O)C(O)C(O)CCCCCCCCCCCCCCCCCCCC. The van der Waals surface area contributed by atoms with E-state index in [1.54, 1.807) is 0 Å². The van der Waals surface area contributed by atoms with Crippen molar-refractivity contribution in [3.05, 3.63) is 12.2 Å². The van der Waals surface area contributed by atoms with Crippen molar-refractivity contribution in [2.24, 2.45) is 0 Å². The molecule has 1 aliphatic rings. The second-order valence-corrected chi connectivity index (χ2v) is 22.5. The number of hydrogen-bond donors (Lipinski definition) is 8. The van der Waals surface area contributed by atoms with Crippen LogP contribution in [0.5, 0.6) is 0 Å². The average Bonchev–Trinajstić information content (AvgIpc) is 3.39. The van der Waals surface area contributed by atoms with E-state index in [1.807, 2.05) is 0 Å². The molecule has 0 aromatic heterocycles. The molecule has 434 valence electrons. The van der Waals surface area contributed by atoms with Crippen molar-refractivity contribution in [2.45, 2.75) is 364 Å². The molecule has 1 rings (SSSR count). The van der Waals surface area contributed by atoms with Gasteiger partial charge in [0.05, 0.1) is 25.4 Å². The Labute approximate surface area is 449 Å². The van der Waals surface area contributed by atoms with Crippen molar-refractivity contribution in [3.63, 3.8) is 0 Å². The van der Waals surface area contributed by atoms with Gasteiger partial charge in [0.25, 0.3) is 0 Å². The molecule has 0 aromatic carbocycles. The molecule has 73 heavy (non-hydrogen) atoms. The van der Waals surface area contributed by atoms with Crippen LogP contribution in [0.3, 0.4) is 0 Å². The number of aliphatic hydroxyl groups excluding tert-OH is 7. The van der Waals surface area contributed by atoms with Crippen molar-refractivity contribution in [3.8, 4) is 0 Å². The molecule has 11 heteroatoms. The number of amides is 1. The van der Waals surface area contributed by atoms with Crippen molar-refractivity contribution in [2.75, 3.05) is 13.2 Å². The Hall–Kier alpha value is -1.15. The molecular weight excluding hydrogens is 919 g/mol. The summed E-state index contributed by atoms with van der Waals surface area (Å²) in [6.45, 7) is 3.50. The van der Waals surface area contributed by atoms with E-state index in [2.05, 4.69) is 31.3 Å². The first kappa shape index (κ1) is 69.9. The first-order valence-corrected chi connectivity index (χ1v) is 31.6. The maximum atomic E-state index is 13.2. The molecule has 1 aliphatic heterocycles. The standard InChI is InChI=1S/C62H121NO10/c1-3-5-7-9-11-13-15-17-19-21-23-24-25-26-27-28-29-30-31-32-34-36-38-40-42-44-46-48-50-55(66)61(71)63-53(52-72-62-60(70)59(69)58(68)56(51-64)73-62)57(67)54(65)49-47-45-43-41-39-37-35-33-22-20-18-16-14-12-10-8-6-4-2/h26-27,53-60,62,64-70H,3-25,28-52H2,1-2H3,(H,63,71)/b27-26-. The Morgan fingerprint density at radius 3 is 1.15 bits per heavy atom. The lowest BCUT2D eigenvalue weighted by atomic mass is 9.98. The van der Waals surface area contributed by atoms with Gasteiger partial charge in [0.1, 0.15) is 36.6 Å². The van der Waals surface area contributed by atoms with Gasteiger partial charge in [-0.25, -0.2) is 0 Å². The molecule has 9 atom stereocenters. The van der Waals surface area contributed by atoms with E-state index in [0.29, 0.717) is 19.3 Å². The molecule has 11 nitrogen and oxygen atoms in total. The van der Waals surface area contributed by atoms with Crippen molar-refractivity contribution < 1.29 is 50.0 Å². The van der Waals surface area contributed by atoms with Crippen LogP contribution in [0.1, 0.15) is 309 Å². The van der Waals surface area contributed by atoms with Crippen LogP contribution in [-0.4, -0.2) is 110 Å². The fourth-order valence-electron chi connectivity index (χ4n) is 10.4. The summed E-state index contributed by atoms with van der Waals surface area (Å²) in [7, 11) is 0. The highest BCUT2D eigenvalue weighted by atomic mass is 16.7. The summed E-state index contributed by atoms with van der Waals surface area (Å²) in [5.74, 6) is -0.691. The van der Waals surface area contributed by atoms with E-state index in [-0.39, 0.29) is 6.42 Å². The van der Waals surface area contributed by atoms with E-state index in [0.717, 1.165) is 38.5 Å². The third-order valence-electron chi connectivity index (χ3n) is 15.6. The molecule has 0 spiro atoms. The van der Waals surface area contributed by atoms with Crippen molar-refractivity contribution >= 4 is 5.91 Å². The van der Waals surface area contributed by atoms with Crippen LogP contribution in [0.2, 0.25) is 0 Å². The molecule has 1 saturated heterocycles. The van der Waals surface area contributed by atoms with Gasteiger partial charge in [-0.15, -0.1) is 0 Å². The highest BCUT2D eigenvalue weighted by molar-refractivity contribution is 5.80.